The lowest BCUT2D eigenvalue weighted by molar-refractivity contribution is -0.127. The van der Waals surface area contributed by atoms with Crippen LogP contribution in [0.3, 0.4) is 0 Å². The van der Waals surface area contributed by atoms with Gasteiger partial charge >= 0.3 is 6.09 Å². The number of fused-ring (bicyclic) bond motifs is 1. The first-order chi connectivity index (χ1) is 19.9. The number of hydrogen-bond acceptors (Lipinski definition) is 4. The first-order valence-electron chi connectivity index (χ1n) is 14.2. The SMILES string of the molecule is CC(Cc1c[nH]c2ccccc12)(NC(=O)OCc1cccc(C#N)c1)C(=O)NCC1(c2ccccc2)CCCCC1. The maximum Gasteiger partial charge on any atom is 0.408 e. The van der Waals surface area contributed by atoms with E-state index in [0.717, 1.165) is 42.1 Å². The number of nitrogens with one attached hydrogen (secondary N) is 3. The largest absolute Gasteiger partial charge is 0.445 e. The van der Waals surface area contributed by atoms with Gasteiger partial charge in [-0.25, -0.2) is 4.79 Å². The minimum absolute atomic E-state index is 0.0107. The van der Waals surface area contributed by atoms with Gasteiger partial charge in [0.15, 0.2) is 0 Å². The minimum Gasteiger partial charge on any atom is -0.445 e. The summed E-state index contributed by atoms with van der Waals surface area (Å²) in [6, 6.07) is 27.3. The van der Waals surface area contributed by atoms with Gasteiger partial charge in [-0.15, -0.1) is 0 Å². The molecule has 1 aromatic heterocycles. The number of alkyl carbamates (subject to hydrolysis) is 1. The molecule has 0 spiro atoms. The highest BCUT2D eigenvalue weighted by atomic mass is 16.5. The molecule has 210 valence electrons. The van der Waals surface area contributed by atoms with E-state index in [0.29, 0.717) is 17.7 Å². The molecule has 1 saturated carbocycles. The van der Waals surface area contributed by atoms with Crippen molar-refractivity contribution in [2.75, 3.05) is 6.54 Å². The van der Waals surface area contributed by atoms with E-state index in [1.165, 1.54) is 12.0 Å². The Labute approximate surface area is 240 Å². The van der Waals surface area contributed by atoms with Crippen LogP contribution < -0.4 is 10.6 Å². The van der Waals surface area contributed by atoms with Crippen molar-refractivity contribution < 1.29 is 14.3 Å². The Morgan fingerprint density at radius 3 is 2.54 bits per heavy atom. The normalized spacial score (nSPS) is 15.8. The lowest BCUT2D eigenvalue weighted by Crippen LogP contribution is -2.59. The number of rotatable bonds is 9. The highest BCUT2D eigenvalue weighted by Crippen LogP contribution is 2.39. The Morgan fingerprint density at radius 1 is 1.00 bits per heavy atom. The second-order valence-corrected chi connectivity index (χ2v) is 11.3. The highest BCUT2D eigenvalue weighted by molar-refractivity contribution is 5.91. The summed E-state index contributed by atoms with van der Waals surface area (Å²) in [4.78, 5) is 30.4. The third kappa shape index (κ3) is 6.44. The van der Waals surface area contributed by atoms with E-state index in [1.54, 1.807) is 31.2 Å². The predicted molar refractivity (Wildman–Crippen MR) is 159 cm³/mol. The zero-order valence-electron chi connectivity index (χ0n) is 23.4. The zero-order chi connectivity index (χ0) is 28.7. The average Bonchev–Trinajstić information content (AvgIpc) is 3.42. The number of ether oxygens (including phenoxy) is 1. The van der Waals surface area contributed by atoms with Gasteiger partial charge in [0.25, 0.3) is 0 Å². The van der Waals surface area contributed by atoms with Crippen molar-refractivity contribution in [2.45, 2.75) is 63.0 Å². The Hall–Kier alpha value is -4.57. The number of nitrogens with zero attached hydrogens (tertiary/aromatic N) is 1. The number of H-pyrrole nitrogens is 1. The van der Waals surface area contributed by atoms with Gasteiger partial charge in [0, 0.05) is 35.5 Å². The third-order valence-electron chi connectivity index (χ3n) is 8.31. The number of carbonyl (C=O) groups is 2. The number of para-hydroxylation sites is 1. The van der Waals surface area contributed by atoms with E-state index in [2.05, 4.69) is 46.0 Å². The molecule has 1 aliphatic carbocycles. The fourth-order valence-electron chi connectivity index (χ4n) is 6.01. The predicted octanol–water partition coefficient (Wildman–Crippen LogP) is 6.29. The molecule has 2 amide bonds. The molecule has 0 aliphatic heterocycles. The second-order valence-electron chi connectivity index (χ2n) is 11.3. The van der Waals surface area contributed by atoms with Crippen molar-refractivity contribution in [3.8, 4) is 6.07 Å². The van der Waals surface area contributed by atoms with Crippen molar-refractivity contribution >= 4 is 22.9 Å². The summed E-state index contributed by atoms with van der Waals surface area (Å²) in [5.74, 6) is -0.257. The maximum absolute atomic E-state index is 14.0. The van der Waals surface area contributed by atoms with E-state index in [4.69, 9.17) is 10.00 Å². The van der Waals surface area contributed by atoms with Crippen molar-refractivity contribution in [1.29, 1.82) is 5.26 Å². The van der Waals surface area contributed by atoms with Gasteiger partial charge in [0.1, 0.15) is 12.1 Å². The van der Waals surface area contributed by atoms with Crippen LogP contribution in [0.1, 0.15) is 61.3 Å². The maximum atomic E-state index is 14.0. The molecule has 3 aromatic carbocycles. The number of aromatic amines is 1. The quantitative estimate of drug-likeness (QED) is 0.229. The Balaban J connectivity index is 1.36. The monoisotopic (exact) mass is 548 g/mol. The molecule has 1 aliphatic rings. The lowest BCUT2D eigenvalue weighted by atomic mass is 9.69. The van der Waals surface area contributed by atoms with Crippen LogP contribution in [0.5, 0.6) is 0 Å². The van der Waals surface area contributed by atoms with Gasteiger partial charge < -0.3 is 20.4 Å². The van der Waals surface area contributed by atoms with Crippen LogP contribution in [0, 0.1) is 11.3 Å². The Morgan fingerprint density at radius 2 is 1.76 bits per heavy atom. The minimum atomic E-state index is -1.27. The van der Waals surface area contributed by atoms with Crippen LogP contribution in [-0.4, -0.2) is 29.1 Å². The summed E-state index contributed by atoms with van der Waals surface area (Å²) in [6.07, 6.45) is 6.93. The molecule has 0 bridgehead atoms. The fourth-order valence-corrected chi connectivity index (χ4v) is 6.01. The van der Waals surface area contributed by atoms with Gasteiger partial charge in [-0.1, -0.05) is 79.9 Å². The summed E-state index contributed by atoms with van der Waals surface area (Å²) < 4.78 is 5.52. The van der Waals surface area contributed by atoms with Crippen molar-refractivity contribution in [3.05, 3.63) is 107 Å². The molecular formula is C34H36N4O3. The van der Waals surface area contributed by atoms with Crippen molar-refractivity contribution in [2.24, 2.45) is 0 Å². The molecule has 1 atom stereocenters. The van der Waals surface area contributed by atoms with Gasteiger partial charge in [0.05, 0.1) is 11.6 Å². The number of benzene rings is 3. The molecule has 1 heterocycles. The van der Waals surface area contributed by atoms with Gasteiger partial charge in [-0.2, -0.15) is 5.26 Å². The van der Waals surface area contributed by atoms with E-state index < -0.39 is 11.6 Å². The Kier molecular flexibility index (Phi) is 8.39. The first-order valence-corrected chi connectivity index (χ1v) is 14.2. The number of aromatic nitrogens is 1. The molecule has 41 heavy (non-hydrogen) atoms. The molecule has 7 nitrogen and oxygen atoms in total. The fraction of sp³-hybridized carbons (Fsp3) is 0.324. The molecule has 0 saturated heterocycles. The second kappa shape index (κ2) is 12.3. The zero-order valence-corrected chi connectivity index (χ0v) is 23.4. The average molecular weight is 549 g/mol. The van der Waals surface area contributed by atoms with Crippen LogP contribution in [0.15, 0.2) is 85.1 Å². The third-order valence-corrected chi connectivity index (χ3v) is 8.31. The standard InChI is InChI=1S/C34H36N4O3/c1-33(20-27-22-36-30-16-7-6-15-29(27)30,38-32(40)41-23-26-12-10-11-25(19-26)21-35)31(39)37-24-34(17-8-3-9-18-34)28-13-4-2-5-14-28/h2,4-7,10-16,19,22,36H,3,8-9,17-18,20,23-24H2,1H3,(H,37,39)(H,38,40). The van der Waals surface area contributed by atoms with Gasteiger partial charge in [-0.05, 0) is 54.7 Å². The summed E-state index contributed by atoms with van der Waals surface area (Å²) in [5, 5.41) is 16.3. The van der Waals surface area contributed by atoms with Crippen LogP contribution in [0.4, 0.5) is 4.79 Å². The smallest absolute Gasteiger partial charge is 0.408 e. The van der Waals surface area contributed by atoms with E-state index in [9.17, 15) is 9.59 Å². The van der Waals surface area contributed by atoms with E-state index in [-0.39, 0.29) is 24.3 Å². The molecule has 0 radical (unpaired) electrons. The molecular weight excluding hydrogens is 512 g/mol. The molecule has 3 N–H and O–H groups in total. The number of hydrogen-bond donors (Lipinski definition) is 3. The molecule has 7 heteroatoms. The van der Waals surface area contributed by atoms with Crippen molar-refractivity contribution in [3.63, 3.8) is 0 Å². The number of amides is 2. The summed E-state index contributed by atoms with van der Waals surface area (Å²) in [5.41, 5.74) is 2.91. The molecule has 5 rings (SSSR count). The van der Waals surface area contributed by atoms with E-state index >= 15 is 0 Å². The lowest BCUT2D eigenvalue weighted by Gasteiger charge is -2.39. The Bertz CT molecular complexity index is 1550. The van der Waals surface area contributed by atoms with Crippen LogP contribution in [0.25, 0.3) is 10.9 Å². The first kappa shape index (κ1) is 28.0. The summed E-state index contributed by atoms with van der Waals surface area (Å²) >= 11 is 0. The molecule has 4 aromatic rings. The van der Waals surface area contributed by atoms with Gasteiger partial charge in [0.2, 0.25) is 5.91 Å². The van der Waals surface area contributed by atoms with E-state index in [1.807, 2.05) is 36.5 Å². The highest BCUT2D eigenvalue weighted by Gasteiger charge is 2.40. The number of nitriles is 1. The van der Waals surface area contributed by atoms with Crippen LogP contribution >= 0.6 is 0 Å². The topological polar surface area (TPSA) is 107 Å². The van der Waals surface area contributed by atoms with Crippen LogP contribution in [-0.2, 0) is 28.0 Å². The molecule has 1 fully saturated rings. The summed E-state index contributed by atoms with van der Waals surface area (Å²) in [7, 11) is 0. The molecule has 1 unspecified atom stereocenters. The summed E-state index contributed by atoms with van der Waals surface area (Å²) in [6.45, 7) is 2.23. The van der Waals surface area contributed by atoms with Crippen molar-refractivity contribution in [1.82, 2.24) is 15.6 Å². The van der Waals surface area contributed by atoms with Crippen LogP contribution in [0.2, 0.25) is 0 Å². The van der Waals surface area contributed by atoms with Gasteiger partial charge in [-0.3, -0.25) is 4.79 Å². The number of carbonyl (C=O) groups excluding carboxylic acids is 2.